The van der Waals surface area contributed by atoms with Crippen molar-refractivity contribution in [1.29, 1.82) is 0 Å². The Balaban J connectivity index is 1.60. The summed E-state index contributed by atoms with van der Waals surface area (Å²) >= 11 is 5.74. The number of hydrogen-bond acceptors (Lipinski definition) is 4. The number of likely N-dealkylation sites (N-methyl/N-ethyl adjacent to an activating group) is 1. The normalized spacial score (nSPS) is 12.2. The third-order valence-corrected chi connectivity index (χ3v) is 4.61. The van der Waals surface area contributed by atoms with Crippen molar-refractivity contribution < 1.29 is 9.18 Å². The molecule has 1 amide bonds. The summed E-state index contributed by atoms with van der Waals surface area (Å²) in [5, 5.41) is 6.79. The van der Waals surface area contributed by atoms with E-state index in [2.05, 4.69) is 15.4 Å². The topological polar surface area (TPSA) is 63.1 Å². The lowest BCUT2D eigenvalue weighted by Crippen LogP contribution is -2.32. The monoisotopic (exact) mass is 387 g/mol. The fourth-order valence-corrected chi connectivity index (χ4v) is 2.82. The van der Waals surface area contributed by atoms with E-state index in [0.29, 0.717) is 5.69 Å². The Bertz CT molecular complexity index is 914. The number of aromatic nitrogens is 3. The van der Waals surface area contributed by atoms with Crippen LogP contribution in [0.25, 0.3) is 5.69 Å². The summed E-state index contributed by atoms with van der Waals surface area (Å²) in [5.74, 6) is -0.721. The Morgan fingerprint density at radius 2 is 2.04 bits per heavy atom. The zero-order valence-corrected chi connectivity index (χ0v) is 15.7. The first-order chi connectivity index (χ1) is 12.9. The molecule has 8 heteroatoms. The minimum absolute atomic E-state index is 0.0253. The molecule has 0 aliphatic rings. The summed E-state index contributed by atoms with van der Waals surface area (Å²) in [4.78, 5) is 18.1. The summed E-state index contributed by atoms with van der Waals surface area (Å²) in [6.07, 6.45) is 3.12. The zero-order chi connectivity index (χ0) is 19.4. The van der Waals surface area contributed by atoms with E-state index in [1.54, 1.807) is 11.0 Å². The SMILES string of the molecule is CC(c1ccc(-n2cncn2)cc1)N(C)CC(=O)Nc1ccc(F)c(Cl)c1. The molecular weight excluding hydrogens is 369 g/mol. The van der Waals surface area contributed by atoms with E-state index in [0.717, 1.165) is 11.3 Å². The maximum Gasteiger partial charge on any atom is 0.238 e. The van der Waals surface area contributed by atoms with Crippen LogP contribution in [0.1, 0.15) is 18.5 Å². The number of carbonyl (C=O) groups excluding carboxylic acids is 1. The Hall–Kier alpha value is -2.77. The van der Waals surface area contributed by atoms with Gasteiger partial charge in [0.1, 0.15) is 18.5 Å². The molecule has 0 radical (unpaired) electrons. The van der Waals surface area contributed by atoms with Crippen LogP contribution in [0.15, 0.2) is 55.1 Å². The molecule has 0 fully saturated rings. The molecule has 2 aromatic carbocycles. The van der Waals surface area contributed by atoms with Crippen molar-refractivity contribution in [3.63, 3.8) is 0 Å². The fraction of sp³-hybridized carbons (Fsp3) is 0.211. The Morgan fingerprint density at radius 1 is 1.30 bits per heavy atom. The zero-order valence-electron chi connectivity index (χ0n) is 14.9. The van der Waals surface area contributed by atoms with E-state index in [1.165, 1.54) is 24.5 Å². The van der Waals surface area contributed by atoms with Gasteiger partial charge in [-0.15, -0.1) is 0 Å². The van der Waals surface area contributed by atoms with E-state index >= 15 is 0 Å². The van der Waals surface area contributed by atoms with Gasteiger partial charge in [0.2, 0.25) is 5.91 Å². The lowest BCUT2D eigenvalue weighted by atomic mass is 10.1. The number of anilines is 1. The van der Waals surface area contributed by atoms with Crippen molar-refractivity contribution in [2.75, 3.05) is 18.9 Å². The molecular formula is C19H19ClFN5O. The number of nitrogens with one attached hydrogen (secondary N) is 1. The lowest BCUT2D eigenvalue weighted by molar-refractivity contribution is -0.117. The summed E-state index contributed by atoms with van der Waals surface area (Å²) < 4.78 is 14.9. The van der Waals surface area contributed by atoms with Gasteiger partial charge in [-0.3, -0.25) is 9.69 Å². The van der Waals surface area contributed by atoms with Crippen LogP contribution in [0.2, 0.25) is 5.02 Å². The number of amides is 1. The van der Waals surface area contributed by atoms with Crippen molar-refractivity contribution >= 4 is 23.2 Å². The molecule has 0 saturated carbocycles. The van der Waals surface area contributed by atoms with Gasteiger partial charge in [0.15, 0.2) is 0 Å². The minimum Gasteiger partial charge on any atom is -0.325 e. The largest absolute Gasteiger partial charge is 0.325 e. The second-order valence-electron chi connectivity index (χ2n) is 6.20. The van der Waals surface area contributed by atoms with E-state index in [1.807, 2.05) is 43.1 Å². The van der Waals surface area contributed by atoms with Gasteiger partial charge in [-0.05, 0) is 49.9 Å². The number of hydrogen-bond donors (Lipinski definition) is 1. The number of nitrogens with zero attached hydrogens (tertiary/aromatic N) is 4. The third kappa shape index (κ3) is 4.69. The quantitative estimate of drug-likeness (QED) is 0.700. The van der Waals surface area contributed by atoms with Crippen LogP contribution >= 0.6 is 11.6 Å². The predicted molar refractivity (Wildman–Crippen MR) is 102 cm³/mol. The maximum absolute atomic E-state index is 13.2. The van der Waals surface area contributed by atoms with Gasteiger partial charge in [0.25, 0.3) is 0 Å². The van der Waals surface area contributed by atoms with E-state index in [4.69, 9.17) is 11.6 Å². The summed E-state index contributed by atoms with van der Waals surface area (Å²) in [6.45, 7) is 2.20. The molecule has 3 aromatic rings. The highest BCUT2D eigenvalue weighted by Gasteiger charge is 2.15. The number of carbonyl (C=O) groups is 1. The standard InChI is InChI=1S/C19H19ClFN5O/c1-13(14-3-6-16(7-4-14)26-12-22-11-23-26)25(2)10-19(27)24-15-5-8-18(21)17(20)9-15/h3-9,11-13H,10H2,1-2H3,(H,24,27). The van der Waals surface area contributed by atoms with Gasteiger partial charge >= 0.3 is 0 Å². The van der Waals surface area contributed by atoms with Crippen molar-refractivity contribution in [2.45, 2.75) is 13.0 Å². The molecule has 0 spiro atoms. The van der Waals surface area contributed by atoms with Gasteiger partial charge in [-0.2, -0.15) is 5.10 Å². The number of benzene rings is 2. The van der Waals surface area contributed by atoms with E-state index in [9.17, 15) is 9.18 Å². The first-order valence-corrected chi connectivity index (χ1v) is 8.72. The highest BCUT2D eigenvalue weighted by Crippen LogP contribution is 2.21. The van der Waals surface area contributed by atoms with Gasteiger partial charge in [-0.1, -0.05) is 23.7 Å². The van der Waals surface area contributed by atoms with Crippen LogP contribution in [0, 0.1) is 5.82 Å². The average molecular weight is 388 g/mol. The average Bonchev–Trinajstić information content (AvgIpc) is 3.19. The van der Waals surface area contributed by atoms with Crippen LogP contribution in [-0.2, 0) is 4.79 Å². The number of halogens is 2. The lowest BCUT2D eigenvalue weighted by Gasteiger charge is -2.24. The van der Waals surface area contributed by atoms with Crippen LogP contribution in [0.3, 0.4) is 0 Å². The fourth-order valence-electron chi connectivity index (χ4n) is 2.64. The summed E-state index contributed by atoms with van der Waals surface area (Å²) in [5.41, 5.74) is 2.45. The van der Waals surface area contributed by atoms with Gasteiger partial charge in [0.05, 0.1) is 17.3 Å². The highest BCUT2D eigenvalue weighted by molar-refractivity contribution is 6.31. The van der Waals surface area contributed by atoms with E-state index in [-0.39, 0.29) is 23.5 Å². The van der Waals surface area contributed by atoms with Crippen molar-refractivity contribution in [3.8, 4) is 5.69 Å². The maximum atomic E-state index is 13.2. The molecule has 1 N–H and O–H groups in total. The molecule has 0 aliphatic carbocycles. The molecule has 3 rings (SSSR count). The van der Waals surface area contributed by atoms with Crippen LogP contribution in [0.4, 0.5) is 10.1 Å². The second kappa shape index (κ2) is 8.28. The predicted octanol–water partition coefficient (Wildman–Crippen LogP) is 3.69. The molecule has 1 unspecified atom stereocenters. The van der Waals surface area contributed by atoms with Crippen LogP contribution < -0.4 is 5.32 Å². The van der Waals surface area contributed by atoms with Gasteiger partial charge in [0, 0.05) is 11.7 Å². The second-order valence-corrected chi connectivity index (χ2v) is 6.61. The molecule has 0 saturated heterocycles. The Kier molecular flexibility index (Phi) is 5.83. The molecule has 1 heterocycles. The third-order valence-electron chi connectivity index (χ3n) is 4.32. The van der Waals surface area contributed by atoms with Crippen LogP contribution in [0.5, 0.6) is 0 Å². The first-order valence-electron chi connectivity index (χ1n) is 8.34. The molecule has 140 valence electrons. The van der Waals surface area contributed by atoms with Crippen molar-refractivity contribution in [2.24, 2.45) is 0 Å². The summed E-state index contributed by atoms with van der Waals surface area (Å²) in [6, 6.07) is 12.0. The van der Waals surface area contributed by atoms with Crippen molar-refractivity contribution in [3.05, 3.63) is 71.5 Å². The molecule has 1 atom stereocenters. The van der Waals surface area contributed by atoms with Gasteiger partial charge in [-0.25, -0.2) is 14.1 Å². The molecule has 0 aliphatic heterocycles. The van der Waals surface area contributed by atoms with Crippen LogP contribution in [-0.4, -0.2) is 39.2 Å². The molecule has 0 bridgehead atoms. The minimum atomic E-state index is -0.519. The smallest absolute Gasteiger partial charge is 0.238 e. The molecule has 1 aromatic heterocycles. The highest BCUT2D eigenvalue weighted by atomic mass is 35.5. The Labute approximate surface area is 161 Å². The van der Waals surface area contributed by atoms with E-state index < -0.39 is 5.82 Å². The molecule has 27 heavy (non-hydrogen) atoms. The first kappa shape index (κ1) is 19.0. The van der Waals surface area contributed by atoms with Crippen molar-refractivity contribution in [1.82, 2.24) is 19.7 Å². The number of rotatable bonds is 6. The van der Waals surface area contributed by atoms with Gasteiger partial charge < -0.3 is 5.32 Å². The molecule has 6 nitrogen and oxygen atoms in total. The summed E-state index contributed by atoms with van der Waals surface area (Å²) in [7, 11) is 1.87. The Morgan fingerprint density at radius 3 is 2.67 bits per heavy atom.